The third-order valence-electron chi connectivity index (χ3n) is 8.79. The second-order valence-corrected chi connectivity index (χ2v) is 11.3. The lowest BCUT2D eigenvalue weighted by molar-refractivity contribution is -0.133. The van der Waals surface area contributed by atoms with Crippen molar-refractivity contribution in [1.82, 2.24) is 19.4 Å². The SMILES string of the molecule is C[C@]1(C(=O)NC2CCCCC2)Cn2c(c(-n3cccc3)c3ccccc32)C(=O)N1CCC1=CCCCC1. The summed E-state index contributed by atoms with van der Waals surface area (Å²) in [6.45, 7) is 2.99. The van der Waals surface area contributed by atoms with Crippen LogP contribution in [0.15, 0.2) is 60.4 Å². The van der Waals surface area contributed by atoms with Gasteiger partial charge in [-0.2, -0.15) is 0 Å². The fourth-order valence-corrected chi connectivity index (χ4v) is 6.67. The third-order valence-corrected chi connectivity index (χ3v) is 8.79. The molecule has 2 aliphatic carbocycles. The highest BCUT2D eigenvalue weighted by atomic mass is 16.2. The van der Waals surface area contributed by atoms with Gasteiger partial charge in [0.1, 0.15) is 11.2 Å². The summed E-state index contributed by atoms with van der Waals surface area (Å²) >= 11 is 0. The van der Waals surface area contributed by atoms with Gasteiger partial charge < -0.3 is 19.4 Å². The van der Waals surface area contributed by atoms with Gasteiger partial charge in [0.05, 0.1) is 17.7 Å². The van der Waals surface area contributed by atoms with Crippen molar-refractivity contribution in [3.8, 4) is 5.69 Å². The second-order valence-electron chi connectivity index (χ2n) is 11.3. The Hall–Kier alpha value is -3.28. The maximum absolute atomic E-state index is 14.5. The predicted octanol–water partition coefficient (Wildman–Crippen LogP) is 5.99. The van der Waals surface area contributed by atoms with Gasteiger partial charge in [0.2, 0.25) is 5.91 Å². The number of allylic oxidation sites excluding steroid dienone is 1. The molecule has 0 bridgehead atoms. The summed E-state index contributed by atoms with van der Waals surface area (Å²) in [5, 5.41) is 4.40. The minimum absolute atomic E-state index is 0.0173. The van der Waals surface area contributed by atoms with Gasteiger partial charge in [-0.05, 0) is 70.1 Å². The Morgan fingerprint density at radius 1 is 1.03 bits per heavy atom. The molecule has 0 saturated heterocycles. The highest BCUT2D eigenvalue weighted by Gasteiger charge is 2.49. The Balaban J connectivity index is 1.43. The third kappa shape index (κ3) is 4.30. The Morgan fingerprint density at radius 2 is 1.81 bits per heavy atom. The lowest BCUT2D eigenvalue weighted by atomic mass is 9.90. The molecule has 3 aliphatic rings. The monoisotopic (exact) mass is 498 g/mol. The number of rotatable bonds is 6. The van der Waals surface area contributed by atoms with Crippen LogP contribution < -0.4 is 5.32 Å². The highest BCUT2D eigenvalue weighted by Crippen LogP contribution is 2.38. The Labute approximate surface area is 219 Å². The van der Waals surface area contributed by atoms with Crippen molar-refractivity contribution < 1.29 is 9.59 Å². The van der Waals surface area contributed by atoms with E-state index in [1.54, 1.807) is 0 Å². The van der Waals surface area contributed by atoms with Crippen LogP contribution >= 0.6 is 0 Å². The van der Waals surface area contributed by atoms with Crippen LogP contribution in [-0.4, -0.2) is 44.0 Å². The van der Waals surface area contributed by atoms with Crippen molar-refractivity contribution in [2.24, 2.45) is 0 Å². The number of nitrogens with one attached hydrogen (secondary N) is 1. The summed E-state index contributed by atoms with van der Waals surface area (Å²) < 4.78 is 4.14. The van der Waals surface area contributed by atoms with Crippen molar-refractivity contribution in [1.29, 1.82) is 0 Å². The smallest absolute Gasteiger partial charge is 0.273 e. The second kappa shape index (κ2) is 9.88. The van der Waals surface area contributed by atoms with E-state index in [9.17, 15) is 9.59 Å². The van der Waals surface area contributed by atoms with Crippen molar-refractivity contribution in [2.45, 2.75) is 89.3 Å². The zero-order chi connectivity index (χ0) is 25.4. The van der Waals surface area contributed by atoms with Gasteiger partial charge in [0.15, 0.2) is 0 Å². The molecule has 2 amide bonds. The number of hydrogen-bond acceptors (Lipinski definition) is 2. The topological polar surface area (TPSA) is 59.3 Å². The molecule has 1 atom stereocenters. The largest absolute Gasteiger partial charge is 0.351 e. The van der Waals surface area contributed by atoms with E-state index in [0.29, 0.717) is 18.8 Å². The molecule has 2 aromatic heterocycles. The maximum atomic E-state index is 14.5. The molecule has 1 saturated carbocycles. The first-order valence-corrected chi connectivity index (χ1v) is 14.1. The first kappa shape index (κ1) is 24.1. The minimum atomic E-state index is -0.952. The molecule has 3 heterocycles. The van der Waals surface area contributed by atoms with Crippen molar-refractivity contribution in [3.63, 3.8) is 0 Å². The lowest BCUT2D eigenvalue weighted by Gasteiger charge is -2.45. The Morgan fingerprint density at radius 3 is 2.57 bits per heavy atom. The molecule has 194 valence electrons. The van der Waals surface area contributed by atoms with Crippen molar-refractivity contribution >= 4 is 22.7 Å². The van der Waals surface area contributed by atoms with E-state index in [4.69, 9.17) is 0 Å². The number of amides is 2. The van der Waals surface area contributed by atoms with Gasteiger partial charge >= 0.3 is 0 Å². The molecule has 3 aromatic rings. The average Bonchev–Trinajstić information content (AvgIpc) is 3.56. The van der Waals surface area contributed by atoms with Crippen molar-refractivity contribution in [2.75, 3.05) is 6.54 Å². The molecule has 0 unspecified atom stereocenters. The molecule has 6 heteroatoms. The normalized spacial score (nSPS) is 22.7. The van der Waals surface area contributed by atoms with E-state index in [-0.39, 0.29) is 17.9 Å². The van der Waals surface area contributed by atoms with Crippen molar-refractivity contribution in [3.05, 3.63) is 66.1 Å². The van der Waals surface area contributed by atoms with Crippen LogP contribution in [0.25, 0.3) is 16.6 Å². The molecular weight excluding hydrogens is 460 g/mol. The van der Waals surface area contributed by atoms with Crippen LogP contribution in [0.5, 0.6) is 0 Å². The fraction of sp³-hybridized carbons (Fsp3) is 0.484. The van der Waals surface area contributed by atoms with Gasteiger partial charge in [0, 0.05) is 30.4 Å². The summed E-state index contributed by atoms with van der Waals surface area (Å²) in [7, 11) is 0. The molecule has 1 N–H and O–H groups in total. The first-order chi connectivity index (χ1) is 18.1. The molecule has 1 aliphatic heterocycles. The number of aromatic nitrogens is 2. The lowest BCUT2D eigenvalue weighted by Crippen LogP contribution is -2.65. The first-order valence-electron chi connectivity index (χ1n) is 14.1. The zero-order valence-corrected chi connectivity index (χ0v) is 21.9. The number of carbonyl (C=O) groups excluding carboxylic acids is 2. The average molecular weight is 499 g/mol. The molecule has 6 rings (SSSR count). The fourth-order valence-electron chi connectivity index (χ4n) is 6.67. The summed E-state index contributed by atoms with van der Waals surface area (Å²) in [4.78, 5) is 30.4. The maximum Gasteiger partial charge on any atom is 0.273 e. The van der Waals surface area contributed by atoms with Gasteiger partial charge in [0.25, 0.3) is 5.91 Å². The van der Waals surface area contributed by atoms with Gasteiger partial charge in [-0.1, -0.05) is 49.1 Å². The molecule has 6 nitrogen and oxygen atoms in total. The van der Waals surface area contributed by atoms with E-state index in [1.807, 2.05) is 53.0 Å². The highest BCUT2D eigenvalue weighted by molar-refractivity contribution is 6.08. The molecule has 37 heavy (non-hydrogen) atoms. The number of benzene rings is 1. The van der Waals surface area contributed by atoms with Gasteiger partial charge in [-0.3, -0.25) is 9.59 Å². The number of hydrogen-bond donors (Lipinski definition) is 1. The summed E-state index contributed by atoms with van der Waals surface area (Å²) in [6, 6.07) is 12.4. The van der Waals surface area contributed by atoms with E-state index < -0.39 is 5.54 Å². The molecule has 1 fully saturated rings. The van der Waals surface area contributed by atoms with Crippen LogP contribution in [0.2, 0.25) is 0 Å². The number of carbonyl (C=O) groups is 2. The Bertz CT molecular complexity index is 1330. The summed E-state index contributed by atoms with van der Waals surface area (Å²) in [5.41, 5.74) is 3.05. The van der Waals surface area contributed by atoms with E-state index in [0.717, 1.165) is 61.5 Å². The zero-order valence-electron chi connectivity index (χ0n) is 21.9. The minimum Gasteiger partial charge on any atom is -0.351 e. The van der Waals surface area contributed by atoms with Gasteiger partial charge in [-0.15, -0.1) is 0 Å². The Kier molecular flexibility index (Phi) is 6.43. The molecular formula is C31H38N4O2. The van der Waals surface area contributed by atoms with E-state index in [2.05, 4.69) is 28.1 Å². The standard InChI is InChI=1S/C31H38N4O2/c1-31(30(37)32-24-14-6-3-7-15-24)22-34-26-17-9-8-16-25(26)27(33-19-10-11-20-33)28(34)29(36)35(31)21-18-23-12-4-2-5-13-23/h8-12,16-17,19-20,24H,2-7,13-15,18,21-22H2,1H3,(H,32,37)/t31-/m1/s1. The summed E-state index contributed by atoms with van der Waals surface area (Å²) in [6.07, 6.45) is 17.5. The summed E-state index contributed by atoms with van der Waals surface area (Å²) in [5.74, 6) is -0.0693. The van der Waals surface area contributed by atoms with Gasteiger partial charge in [-0.25, -0.2) is 0 Å². The van der Waals surface area contributed by atoms with Crippen LogP contribution in [0.1, 0.15) is 81.6 Å². The quantitative estimate of drug-likeness (QED) is 0.425. The van der Waals surface area contributed by atoms with Crippen LogP contribution in [0.4, 0.5) is 0 Å². The van der Waals surface area contributed by atoms with E-state index in [1.165, 1.54) is 24.8 Å². The van der Waals surface area contributed by atoms with Crippen LogP contribution in [0, 0.1) is 0 Å². The number of fused-ring (bicyclic) bond motifs is 3. The molecule has 0 spiro atoms. The molecule has 0 radical (unpaired) electrons. The molecule has 1 aromatic carbocycles. The predicted molar refractivity (Wildman–Crippen MR) is 147 cm³/mol. The van der Waals surface area contributed by atoms with E-state index >= 15 is 0 Å². The van der Waals surface area contributed by atoms with Crippen LogP contribution in [0.3, 0.4) is 0 Å². The number of para-hydroxylation sites is 1. The number of nitrogens with zero attached hydrogens (tertiary/aromatic N) is 3. The van der Waals surface area contributed by atoms with Crippen LogP contribution in [-0.2, 0) is 11.3 Å².